The van der Waals surface area contributed by atoms with E-state index in [4.69, 9.17) is 4.74 Å². The lowest BCUT2D eigenvalue weighted by molar-refractivity contribution is -0.148. The number of nitrogens with one attached hydrogen (secondary N) is 1. The van der Waals surface area contributed by atoms with Crippen LogP contribution >= 0.6 is 22.7 Å². The molecule has 5 nitrogen and oxygen atoms in total. The molecular weight excluding hydrogens is 392 g/mol. The highest BCUT2D eigenvalue weighted by atomic mass is 32.1. The summed E-state index contributed by atoms with van der Waals surface area (Å²) in [7, 11) is 0. The van der Waals surface area contributed by atoms with E-state index in [1.54, 1.807) is 11.3 Å². The number of esters is 1. The van der Waals surface area contributed by atoms with Gasteiger partial charge >= 0.3 is 5.97 Å². The number of thiazole rings is 1. The highest BCUT2D eigenvalue weighted by molar-refractivity contribution is 7.14. The van der Waals surface area contributed by atoms with Crippen molar-refractivity contribution in [2.24, 2.45) is 0 Å². The molecule has 28 heavy (non-hydrogen) atoms. The third kappa shape index (κ3) is 5.27. The van der Waals surface area contributed by atoms with Crippen LogP contribution in [0.2, 0.25) is 0 Å². The lowest BCUT2D eigenvalue weighted by atomic mass is 10.0. The molecule has 0 unspecified atom stereocenters. The number of amides is 1. The summed E-state index contributed by atoms with van der Waals surface area (Å²) in [5.74, 6) is -0.785. The van der Waals surface area contributed by atoms with E-state index >= 15 is 0 Å². The average Bonchev–Trinajstić information content (AvgIpc) is 3.34. The number of nitrogens with zero attached hydrogens (tertiary/aromatic N) is 1. The smallest absolute Gasteiger partial charge is 0.312 e. The zero-order valence-electron chi connectivity index (χ0n) is 16.0. The quantitative estimate of drug-likeness (QED) is 0.580. The van der Waals surface area contributed by atoms with Crippen LogP contribution in [0.1, 0.15) is 35.3 Å². The maximum atomic E-state index is 12.1. The summed E-state index contributed by atoms with van der Waals surface area (Å²) in [4.78, 5) is 28.6. The van der Waals surface area contributed by atoms with Gasteiger partial charge in [-0.3, -0.25) is 9.59 Å². The van der Waals surface area contributed by atoms with Crippen molar-refractivity contribution < 1.29 is 14.3 Å². The molecule has 1 amide bonds. The van der Waals surface area contributed by atoms with E-state index < -0.39 is 5.97 Å². The number of ether oxygens (including phenoxy) is 1. The molecule has 2 heterocycles. The second-order valence-corrected chi connectivity index (χ2v) is 8.26. The summed E-state index contributed by atoms with van der Waals surface area (Å²) < 4.78 is 5.10. The number of carbonyl (C=O) groups excluding carboxylic acids is 2. The predicted octanol–water partition coefficient (Wildman–Crippen LogP) is 4.45. The minimum atomic E-state index is -0.462. The fraction of sp³-hybridized carbons (Fsp3) is 0.286. The molecule has 1 N–H and O–H groups in total. The van der Waals surface area contributed by atoms with Crippen molar-refractivity contribution in [3.63, 3.8) is 0 Å². The Labute approximate surface area is 172 Å². The molecule has 0 aliphatic carbocycles. The van der Waals surface area contributed by atoms with E-state index in [-0.39, 0.29) is 25.0 Å². The van der Waals surface area contributed by atoms with Gasteiger partial charge in [-0.05, 0) is 48.9 Å². The summed E-state index contributed by atoms with van der Waals surface area (Å²) in [5.41, 5.74) is 5.11. The van der Waals surface area contributed by atoms with Gasteiger partial charge in [-0.1, -0.05) is 18.2 Å². The SMILES string of the molecule is Cc1ccc([C@@H](C)NC(=O)COC(=O)Cc2csc(-c3ccsc3)n2)cc1C. The zero-order chi connectivity index (χ0) is 20.1. The van der Waals surface area contributed by atoms with Gasteiger partial charge in [0.05, 0.1) is 18.2 Å². The van der Waals surface area contributed by atoms with E-state index in [2.05, 4.69) is 16.4 Å². The van der Waals surface area contributed by atoms with Crippen molar-refractivity contribution >= 4 is 34.6 Å². The number of hydrogen-bond donors (Lipinski definition) is 1. The largest absolute Gasteiger partial charge is 0.455 e. The molecule has 7 heteroatoms. The van der Waals surface area contributed by atoms with Gasteiger partial charge in [0.2, 0.25) is 0 Å². The summed E-state index contributed by atoms with van der Waals surface area (Å²) >= 11 is 3.09. The number of benzene rings is 1. The van der Waals surface area contributed by atoms with Crippen molar-refractivity contribution in [2.45, 2.75) is 33.2 Å². The molecule has 3 aromatic rings. The third-order valence-electron chi connectivity index (χ3n) is 4.42. The summed E-state index contributed by atoms with van der Waals surface area (Å²) in [5, 5.41) is 9.58. The highest BCUT2D eigenvalue weighted by Crippen LogP contribution is 2.25. The lowest BCUT2D eigenvalue weighted by Crippen LogP contribution is -2.31. The first-order valence-electron chi connectivity index (χ1n) is 8.91. The van der Waals surface area contributed by atoms with Crippen LogP contribution in [0.25, 0.3) is 10.6 Å². The molecule has 1 aromatic carbocycles. The topological polar surface area (TPSA) is 68.3 Å². The van der Waals surface area contributed by atoms with Crippen molar-refractivity contribution in [2.75, 3.05) is 6.61 Å². The number of rotatable bonds is 7. The molecule has 0 radical (unpaired) electrons. The minimum Gasteiger partial charge on any atom is -0.455 e. The van der Waals surface area contributed by atoms with Crippen LogP contribution in [0.15, 0.2) is 40.4 Å². The molecule has 0 saturated carbocycles. The maximum absolute atomic E-state index is 12.1. The highest BCUT2D eigenvalue weighted by Gasteiger charge is 2.14. The number of hydrogen-bond acceptors (Lipinski definition) is 6. The zero-order valence-corrected chi connectivity index (χ0v) is 17.7. The van der Waals surface area contributed by atoms with Gasteiger partial charge in [-0.2, -0.15) is 11.3 Å². The summed E-state index contributed by atoms with van der Waals surface area (Å²) in [6.45, 7) is 5.70. The van der Waals surface area contributed by atoms with E-state index in [1.807, 2.05) is 55.1 Å². The molecule has 0 spiro atoms. The molecule has 2 aromatic heterocycles. The molecule has 146 valence electrons. The Morgan fingerprint density at radius 2 is 2.00 bits per heavy atom. The van der Waals surface area contributed by atoms with Crippen LogP contribution in [0.5, 0.6) is 0 Å². The van der Waals surface area contributed by atoms with Gasteiger partial charge in [0.1, 0.15) is 5.01 Å². The Balaban J connectivity index is 1.46. The second-order valence-electron chi connectivity index (χ2n) is 6.63. The molecule has 0 aliphatic heterocycles. The number of aromatic nitrogens is 1. The van der Waals surface area contributed by atoms with Gasteiger partial charge < -0.3 is 10.1 Å². The van der Waals surface area contributed by atoms with Gasteiger partial charge in [0.15, 0.2) is 6.61 Å². The van der Waals surface area contributed by atoms with Crippen molar-refractivity contribution in [3.05, 3.63) is 62.8 Å². The predicted molar refractivity (Wildman–Crippen MR) is 113 cm³/mol. The van der Waals surface area contributed by atoms with Crippen molar-refractivity contribution in [1.82, 2.24) is 10.3 Å². The van der Waals surface area contributed by atoms with Crippen molar-refractivity contribution in [3.8, 4) is 10.6 Å². The Bertz CT molecular complexity index is 964. The van der Waals surface area contributed by atoms with E-state index in [0.717, 1.165) is 16.1 Å². The fourth-order valence-corrected chi connectivity index (χ4v) is 4.18. The Hall–Kier alpha value is -2.51. The van der Waals surface area contributed by atoms with E-state index in [1.165, 1.54) is 22.5 Å². The van der Waals surface area contributed by atoms with Crippen LogP contribution in [0.3, 0.4) is 0 Å². The molecule has 0 aliphatic rings. The lowest BCUT2D eigenvalue weighted by Gasteiger charge is -2.15. The Kier molecular flexibility index (Phi) is 6.59. The van der Waals surface area contributed by atoms with Crippen LogP contribution in [-0.2, 0) is 20.7 Å². The van der Waals surface area contributed by atoms with Crippen LogP contribution in [0.4, 0.5) is 0 Å². The third-order valence-corrected chi connectivity index (χ3v) is 6.04. The second kappa shape index (κ2) is 9.12. The standard InChI is InChI=1S/C21H22N2O3S2/c1-13-4-5-16(8-14(13)2)15(3)22-19(24)10-26-20(25)9-18-12-28-21(23-18)17-6-7-27-11-17/h4-8,11-12,15H,9-10H2,1-3H3,(H,22,24)/t15-/m1/s1. The molecule has 1 atom stereocenters. The molecule has 0 saturated heterocycles. The molecule has 3 rings (SSSR count). The van der Waals surface area contributed by atoms with Crippen molar-refractivity contribution in [1.29, 1.82) is 0 Å². The van der Waals surface area contributed by atoms with Crippen LogP contribution in [0, 0.1) is 13.8 Å². The van der Waals surface area contributed by atoms with Gasteiger partial charge in [0, 0.05) is 16.3 Å². The van der Waals surface area contributed by atoms with E-state index in [0.29, 0.717) is 5.69 Å². The van der Waals surface area contributed by atoms with E-state index in [9.17, 15) is 9.59 Å². The molecule has 0 bridgehead atoms. The Morgan fingerprint density at radius 1 is 1.18 bits per heavy atom. The number of thiophene rings is 1. The van der Waals surface area contributed by atoms with Crippen LogP contribution < -0.4 is 5.32 Å². The van der Waals surface area contributed by atoms with Gasteiger partial charge in [0.25, 0.3) is 5.91 Å². The first-order chi connectivity index (χ1) is 13.4. The number of carbonyl (C=O) groups is 2. The number of aryl methyl sites for hydroxylation is 2. The first kappa shape index (κ1) is 20.2. The van der Waals surface area contributed by atoms with Gasteiger partial charge in [-0.15, -0.1) is 11.3 Å². The van der Waals surface area contributed by atoms with Crippen LogP contribution in [-0.4, -0.2) is 23.5 Å². The monoisotopic (exact) mass is 414 g/mol. The minimum absolute atomic E-state index is 0.0562. The maximum Gasteiger partial charge on any atom is 0.312 e. The van der Waals surface area contributed by atoms with Gasteiger partial charge in [-0.25, -0.2) is 4.98 Å². The Morgan fingerprint density at radius 3 is 2.71 bits per heavy atom. The normalized spacial score (nSPS) is 11.8. The first-order valence-corrected chi connectivity index (χ1v) is 10.7. The fourth-order valence-electron chi connectivity index (χ4n) is 2.65. The summed E-state index contributed by atoms with van der Waals surface area (Å²) in [6, 6.07) is 7.92. The molecule has 0 fully saturated rings. The average molecular weight is 415 g/mol. The summed E-state index contributed by atoms with van der Waals surface area (Å²) in [6.07, 6.45) is 0.0562. The molecular formula is C21H22N2O3S2.